The Labute approximate surface area is 152 Å². The minimum absolute atomic E-state index is 0.112. The lowest BCUT2D eigenvalue weighted by molar-refractivity contribution is -0.919. The van der Waals surface area contributed by atoms with E-state index in [0.717, 1.165) is 0 Å². The fourth-order valence-corrected chi connectivity index (χ4v) is 3.42. The van der Waals surface area contributed by atoms with Crippen LogP contribution >= 0.6 is 0 Å². The Hall–Kier alpha value is -2.61. The van der Waals surface area contributed by atoms with Gasteiger partial charge in [-0.15, -0.1) is 0 Å². The van der Waals surface area contributed by atoms with Crippen molar-refractivity contribution in [1.29, 1.82) is 0 Å². The zero-order valence-corrected chi connectivity index (χ0v) is 14.4. The van der Waals surface area contributed by atoms with Crippen molar-refractivity contribution in [2.75, 3.05) is 46.5 Å². The van der Waals surface area contributed by atoms with Gasteiger partial charge in [-0.05, 0) is 0 Å². The van der Waals surface area contributed by atoms with Crippen LogP contribution in [0.2, 0.25) is 0 Å². The topological polar surface area (TPSA) is 163 Å². The Balaban J connectivity index is 1.93. The van der Waals surface area contributed by atoms with E-state index in [9.17, 15) is 30.6 Å². The molecule has 0 bridgehead atoms. The second kappa shape index (κ2) is 6.84. The smallest absolute Gasteiger partial charge is 0.357 e. The van der Waals surface area contributed by atoms with Crippen molar-refractivity contribution in [3.05, 3.63) is 54.2 Å². The van der Waals surface area contributed by atoms with E-state index in [4.69, 9.17) is 14.2 Å². The quantitative estimate of drug-likeness (QED) is 0.264. The first-order valence-electron chi connectivity index (χ1n) is 8.14. The Morgan fingerprint density at radius 2 is 1.67 bits per heavy atom. The third-order valence-corrected chi connectivity index (χ3v) is 4.85. The standard InChI is InChI=1S/C14H18N4O9/c1-18(2-4-25-5-3-18)8-11-9-26-14(27-11)12(16(21)22)6-10(15(19)20)7-13(14)17(23)24/h6-7,11H,2-5,8-9H2,1H3. The zero-order chi connectivity index (χ0) is 19.8. The van der Waals surface area contributed by atoms with E-state index in [1.54, 1.807) is 0 Å². The molecule has 0 aromatic heterocycles. The SMILES string of the molecule is C[N+]1(CC2COC3(O2)C([N+](=O)[O-])=CC(=[N+]([O-])[O-])C=C3[N+](=O)[O-])CCOCC1. The van der Waals surface area contributed by atoms with Crippen LogP contribution in [0.25, 0.3) is 0 Å². The number of morpholine rings is 1. The van der Waals surface area contributed by atoms with Crippen LogP contribution in [0.5, 0.6) is 0 Å². The summed E-state index contributed by atoms with van der Waals surface area (Å²) in [7, 11) is 1.96. The van der Waals surface area contributed by atoms with Gasteiger partial charge in [0.25, 0.3) is 0 Å². The molecule has 0 N–H and O–H groups in total. The van der Waals surface area contributed by atoms with Crippen LogP contribution in [0.1, 0.15) is 0 Å². The molecule has 1 spiro atoms. The van der Waals surface area contributed by atoms with Gasteiger partial charge in [-0.1, -0.05) is 0 Å². The summed E-state index contributed by atoms with van der Waals surface area (Å²) in [5.41, 5.74) is -2.53. The molecule has 27 heavy (non-hydrogen) atoms. The van der Waals surface area contributed by atoms with E-state index < -0.39 is 43.7 Å². The molecule has 2 fully saturated rings. The third-order valence-electron chi connectivity index (χ3n) is 4.85. The summed E-state index contributed by atoms with van der Waals surface area (Å²) in [6, 6.07) is 0. The van der Waals surface area contributed by atoms with Crippen LogP contribution in [0.15, 0.2) is 23.5 Å². The highest BCUT2D eigenvalue weighted by molar-refractivity contribution is 6.02. The highest BCUT2D eigenvalue weighted by Crippen LogP contribution is 2.41. The lowest BCUT2D eigenvalue weighted by Crippen LogP contribution is -2.56. The Morgan fingerprint density at radius 1 is 1.11 bits per heavy atom. The average Bonchev–Trinajstić information content (AvgIpc) is 2.97. The second-order valence-corrected chi connectivity index (χ2v) is 6.78. The molecule has 3 aliphatic rings. The Kier molecular flexibility index (Phi) is 4.86. The molecule has 2 aliphatic heterocycles. The van der Waals surface area contributed by atoms with E-state index in [2.05, 4.69) is 0 Å². The van der Waals surface area contributed by atoms with Crippen molar-refractivity contribution >= 4 is 5.71 Å². The molecule has 0 aromatic rings. The van der Waals surface area contributed by atoms with E-state index in [1.807, 2.05) is 7.05 Å². The maximum absolute atomic E-state index is 11.5. The number of allylic oxidation sites excluding steroid dienone is 2. The molecule has 148 valence electrons. The van der Waals surface area contributed by atoms with Gasteiger partial charge in [-0.2, -0.15) is 4.90 Å². The molecule has 0 radical (unpaired) electrons. The first-order valence-corrected chi connectivity index (χ1v) is 8.14. The van der Waals surface area contributed by atoms with Crippen molar-refractivity contribution in [3.8, 4) is 0 Å². The third kappa shape index (κ3) is 3.49. The summed E-state index contributed by atoms with van der Waals surface area (Å²) >= 11 is 0. The van der Waals surface area contributed by atoms with Gasteiger partial charge in [0, 0.05) is 0 Å². The number of hydrogen-bond acceptors (Lipinski definition) is 9. The molecule has 13 heteroatoms. The number of likely N-dealkylation sites (N-methyl/N-ethyl adjacent to an activating group) is 1. The summed E-state index contributed by atoms with van der Waals surface area (Å²) in [5.74, 6) is -2.37. The summed E-state index contributed by atoms with van der Waals surface area (Å²) in [6.07, 6.45) is 0.623. The highest BCUT2D eigenvalue weighted by Gasteiger charge is 2.64. The van der Waals surface area contributed by atoms with Crippen LogP contribution in [0.4, 0.5) is 0 Å². The van der Waals surface area contributed by atoms with Gasteiger partial charge in [-0.25, -0.2) is 0 Å². The van der Waals surface area contributed by atoms with Crippen LogP contribution in [-0.2, 0) is 14.2 Å². The molecule has 13 nitrogen and oxygen atoms in total. The maximum Gasteiger partial charge on any atom is 0.357 e. The summed E-state index contributed by atoms with van der Waals surface area (Å²) < 4.78 is 17.0. The molecule has 1 aliphatic carbocycles. The van der Waals surface area contributed by atoms with Crippen LogP contribution in [0.3, 0.4) is 0 Å². The van der Waals surface area contributed by atoms with Gasteiger partial charge in [0.15, 0.2) is 0 Å². The minimum Gasteiger partial charge on any atom is -0.612 e. The summed E-state index contributed by atoms with van der Waals surface area (Å²) in [6.45, 7) is 2.79. The largest absolute Gasteiger partial charge is 0.612 e. The first-order chi connectivity index (χ1) is 12.7. The molecule has 2 heterocycles. The first kappa shape index (κ1) is 19.2. The van der Waals surface area contributed by atoms with Crippen molar-refractivity contribution in [2.45, 2.75) is 11.9 Å². The molecule has 0 amide bonds. The van der Waals surface area contributed by atoms with Crippen molar-refractivity contribution < 1.29 is 33.4 Å². The summed E-state index contributed by atoms with van der Waals surface area (Å²) in [5, 5.41) is 45.0. The maximum atomic E-state index is 11.5. The van der Waals surface area contributed by atoms with E-state index in [0.29, 0.717) is 49.5 Å². The van der Waals surface area contributed by atoms with Crippen molar-refractivity contribution in [1.82, 2.24) is 0 Å². The number of nitrogens with zero attached hydrogens (tertiary/aromatic N) is 4. The van der Waals surface area contributed by atoms with Gasteiger partial charge < -0.3 is 29.1 Å². The van der Waals surface area contributed by atoms with Crippen LogP contribution in [-0.4, -0.2) is 83.3 Å². The fraction of sp³-hybridized carbons (Fsp3) is 0.643. The highest BCUT2D eigenvalue weighted by atomic mass is 16.8. The Morgan fingerprint density at radius 3 is 2.15 bits per heavy atom. The van der Waals surface area contributed by atoms with Gasteiger partial charge in [0.2, 0.25) is 5.71 Å². The van der Waals surface area contributed by atoms with Crippen molar-refractivity contribution in [3.63, 3.8) is 0 Å². The predicted molar refractivity (Wildman–Crippen MR) is 87.3 cm³/mol. The number of ether oxygens (including phenoxy) is 3. The number of hydrogen-bond donors (Lipinski definition) is 0. The molecule has 1 atom stereocenters. The summed E-state index contributed by atoms with van der Waals surface area (Å²) in [4.78, 5) is 20.1. The molecule has 3 rings (SSSR count). The number of quaternary nitrogens is 1. The average molecular weight is 386 g/mol. The lowest BCUT2D eigenvalue weighted by atomic mass is 10.0. The van der Waals surface area contributed by atoms with E-state index >= 15 is 0 Å². The van der Waals surface area contributed by atoms with E-state index in [1.165, 1.54) is 0 Å². The minimum atomic E-state index is -2.37. The van der Waals surface area contributed by atoms with Crippen LogP contribution < -0.4 is 0 Å². The number of nitro groups is 2. The normalized spacial score (nSPS) is 30.0. The molecular weight excluding hydrogens is 368 g/mol. The van der Waals surface area contributed by atoms with Gasteiger partial charge in [0.05, 0.1) is 48.9 Å². The lowest BCUT2D eigenvalue weighted by Gasteiger charge is -2.38. The second-order valence-electron chi connectivity index (χ2n) is 6.78. The Bertz CT molecular complexity index is 716. The van der Waals surface area contributed by atoms with Gasteiger partial charge in [0.1, 0.15) is 25.7 Å². The molecule has 1 unspecified atom stereocenters. The monoisotopic (exact) mass is 386 g/mol. The number of rotatable bonds is 4. The molecule has 0 saturated carbocycles. The molecule has 2 saturated heterocycles. The molecular formula is C14H18N4O9. The zero-order valence-electron chi connectivity index (χ0n) is 14.4. The fourth-order valence-electron chi connectivity index (χ4n) is 3.42. The van der Waals surface area contributed by atoms with Crippen molar-refractivity contribution in [2.24, 2.45) is 0 Å². The van der Waals surface area contributed by atoms with E-state index in [-0.39, 0.29) is 6.61 Å². The van der Waals surface area contributed by atoms with Crippen LogP contribution in [0, 0.1) is 30.6 Å². The van der Waals surface area contributed by atoms with Gasteiger partial charge >= 0.3 is 17.2 Å². The predicted octanol–water partition coefficient (Wildman–Crippen LogP) is -0.641. The molecule has 0 aromatic carbocycles. The van der Waals surface area contributed by atoms with Gasteiger partial charge in [-0.3, -0.25) is 20.2 Å².